The summed E-state index contributed by atoms with van der Waals surface area (Å²) >= 11 is 0. The second kappa shape index (κ2) is 8.05. The van der Waals surface area contributed by atoms with E-state index in [4.69, 9.17) is 9.47 Å². The van der Waals surface area contributed by atoms with E-state index in [9.17, 15) is 4.79 Å². The molecular formula is C24H42O3. The third-order valence-corrected chi connectivity index (χ3v) is 8.02. The summed E-state index contributed by atoms with van der Waals surface area (Å²) < 4.78 is 12.6. The first-order chi connectivity index (χ1) is 12.6. The quantitative estimate of drug-likeness (QED) is 0.380. The van der Waals surface area contributed by atoms with Crippen LogP contribution in [0.5, 0.6) is 0 Å². The summed E-state index contributed by atoms with van der Waals surface area (Å²) in [6, 6.07) is 0. The Morgan fingerprint density at radius 1 is 1.00 bits per heavy atom. The fourth-order valence-electron chi connectivity index (χ4n) is 6.30. The number of carbonyl (C=O) groups is 1. The summed E-state index contributed by atoms with van der Waals surface area (Å²) in [6.07, 6.45) is 7.49. The maximum Gasteiger partial charge on any atom is 0.314 e. The Labute approximate surface area is 167 Å². The van der Waals surface area contributed by atoms with Gasteiger partial charge in [0.05, 0.1) is 11.5 Å². The van der Waals surface area contributed by atoms with Crippen molar-refractivity contribution in [2.75, 3.05) is 0 Å². The van der Waals surface area contributed by atoms with Crippen molar-refractivity contribution < 1.29 is 14.3 Å². The summed E-state index contributed by atoms with van der Waals surface area (Å²) in [6.45, 7) is 14.9. The highest BCUT2D eigenvalue weighted by Gasteiger charge is 2.55. The van der Waals surface area contributed by atoms with Crippen molar-refractivity contribution in [2.24, 2.45) is 46.8 Å². The van der Waals surface area contributed by atoms with Gasteiger partial charge in [-0.15, -0.1) is 0 Å². The van der Waals surface area contributed by atoms with Gasteiger partial charge in [0.1, 0.15) is 0 Å². The van der Waals surface area contributed by atoms with E-state index in [2.05, 4.69) is 48.5 Å². The molecule has 3 heteroatoms. The number of carbonyl (C=O) groups excluding carboxylic acids is 1. The van der Waals surface area contributed by atoms with E-state index in [1.165, 1.54) is 32.1 Å². The van der Waals surface area contributed by atoms with Gasteiger partial charge in [-0.1, -0.05) is 48.0 Å². The third-order valence-electron chi connectivity index (χ3n) is 8.02. The first kappa shape index (κ1) is 21.1. The van der Waals surface area contributed by atoms with Gasteiger partial charge in [-0.3, -0.25) is 4.79 Å². The molecule has 3 nitrogen and oxygen atoms in total. The minimum absolute atomic E-state index is 0.0770. The average Bonchev–Trinajstić information content (AvgIpc) is 3.25. The fourth-order valence-corrected chi connectivity index (χ4v) is 6.30. The maximum atomic E-state index is 13.2. The lowest BCUT2D eigenvalue weighted by molar-refractivity contribution is -0.220. The Kier molecular flexibility index (Phi) is 6.30. The van der Waals surface area contributed by atoms with Crippen LogP contribution in [0.2, 0.25) is 0 Å². The van der Waals surface area contributed by atoms with E-state index in [1.807, 2.05) is 0 Å². The largest absolute Gasteiger partial charge is 0.435 e. The minimum atomic E-state index is -0.449. The van der Waals surface area contributed by atoms with Gasteiger partial charge >= 0.3 is 5.97 Å². The molecular weight excluding hydrogens is 336 g/mol. The van der Waals surface area contributed by atoms with Gasteiger partial charge in [0, 0.05) is 5.92 Å². The number of hydrogen-bond donors (Lipinski definition) is 0. The molecule has 0 aromatic rings. The molecule has 0 aromatic heterocycles. The molecule has 7 unspecified atom stereocenters. The molecule has 0 amide bonds. The highest BCUT2D eigenvalue weighted by molar-refractivity contribution is 5.76. The highest BCUT2D eigenvalue weighted by Crippen LogP contribution is 2.59. The molecule has 0 heterocycles. The van der Waals surface area contributed by atoms with Gasteiger partial charge in [-0.05, 0) is 74.5 Å². The molecule has 3 rings (SSSR count). The van der Waals surface area contributed by atoms with E-state index in [0.29, 0.717) is 17.9 Å². The molecule has 0 radical (unpaired) electrons. The predicted octanol–water partition coefficient (Wildman–Crippen LogP) is 6.06. The zero-order valence-corrected chi connectivity index (χ0v) is 18.7. The summed E-state index contributed by atoms with van der Waals surface area (Å²) in [5, 5.41) is 0. The van der Waals surface area contributed by atoms with Gasteiger partial charge in [0.15, 0.2) is 0 Å². The molecule has 3 saturated carbocycles. The van der Waals surface area contributed by atoms with Crippen LogP contribution < -0.4 is 0 Å². The lowest BCUT2D eigenvalue weighted by Gasteiger charge is -2.38. The van der Waals surface area contributed by atoms with Crippen molar-refractivity contribution in [3.63, 3.8) is 0 Å². The molecule has 0 spiro atoms. The van der Waals surface area contributed by atoms with Gasteiger partial charge in [-0.25, -0.2) is 0 Å². The fraction of sp³-hybridized carbons (Fsp3) is 0.958. The minimum Gasteiger partial charge on any atom is -0.435 e. The van der Waals surface area contributed by atoms with Crippen LogP contribution >= 0.6 is 0 Å². The summed E-state index contributed by atoms with van der Waals surface area (Å²) in [5.74, 6) is 4.22. The highest BCUT2D eigenvalue weighted by atomic mass is 16.7. The topological polar surface area (TPSA) is 35.5 Å². The molecule has 0 aliphatic heterocycles. The summed E-state index contributed by atoms with van der Waals surface area (Å²) in [7, 11) is 0. The maximum absolute atomic E-state index is 13.2. The standard InChI is InChI=1S/C24H42O3/c1-14(2)13-24(7,16(5)6)23(25)27-22(15(3)4)26-21-12-17-11-20(21)19-10-8-9-18(17)19/h14-22H,8-13H2,1-7H3. The first-order valence-electron chi connectivity index (χ1n) is 11.5. The molecule has 2 bridgehead atoms. The zero-order chi connectivity index (χ0) is 19.9. The lowest BCUT2D eigenvalue weighted by atomic mass is 9.73. The number of fused-ring (bicyclic) bond motifs is 5. The second-order valence-electron chi connectivity index (χ2n) is 11.0. The van der Waals surface area contributed by atoms with Crippen molar-refractivity contribution in [2.45, 2.75) is 99.4 Å². The van der Waals surface area contributed by atoms with E-state index in [1.54, 1.807) is 0 Å². The molecule has 156 valence electrons. The van der Waals surface area contributed by atoms with Crippen molar-refractivity contribution in [3.05, 3.63) is 0 Å². The number of hydrogen-bond acceptors (Lipinski definition) is 3. The van der Waals surface area contributed by atoms with Gasteiger partial charge in [-0.2, -0.15) is 0 Å². The van der Waals surface area contributed by atoms with E-state index in [-0.39, 0.29) is 17.8 Å². The Morgan fingerprint density at radius 2 is 1.67 bits per heavy atom. The molecule has 0 aromatic carbocycles. The van der Waals surface area contributed by atoms with Crippen LogP contribution in [0.4, 0.5) is 0 Å². The molecule has 3 fully saturated rings. The first-order valence-corrected chi connectivity index (χ1v) is 11.5. The lowest BCUT2D eigenvalue weighted by Crippen LogP contribution is -2.42. The second-order valence-corrected chi connectivity index (χ2v) is 11.0. The molecule has 0 N–H and O–H groups in total. The summed E-state index contributed by atoms with van der Waals surface area (Å²) in [4.78, 5) is 13.2. The van der Waals surface area contributed by atoms with E-state index >= 15 is 0 Å². The summed E-state index contributed by atoms with van der Waals surface area (Å²) in [5.41, 5.74) is -0.449. The molecule has 27 heavy (non-hydrogen) atoms. The SMILES string of the molecule is CC(C)CC(C)(C(=O)OC(OC1CC2CC1C1CCCC21)C(C)C)C(C)C. The van der Waals surface area contributed by atoms with Crippen LogP contribution in [0, 0.1) is 46.8 Å². The van der Waals surface area contributed by atoms with Crippen LogP contribution in [-0.4, -0.2) is 18.4 Å². The number of ether oxygens (including phenoxy) is 2. The van der Waals surface area contributed by atoms with E-state index in [0.717, 1.165) is 24.2 Å². The van der Waals surface area contributed by atoms with Crippen molar-refractivity contribution in [1.82, 2.24) is 0 Å². The zero-order valence-electron chi connectivity index (χ0n) is 18.7. The van der Waals surface area contributed by atoms with Crippen molar-refractivity contribution in [1.29, 1.82) is 0 Å². The Bertz CT molecular complexity index is 526. The smallest absolute Gasteiger partial charge is 0.314 e. The van der Waals surface area contributed by atoms with E-state index < -0.39 is 11.7 Å². The monoisotopic (exact) mass is 378 g/mol. The third kappa shape index (κ3) is 4.09. The normalized spacial score (nSPS) is 35.7. The molecule has 3 aliphatic carbocycles. The average molecular weight is 379 g/mol. The molecule has 7 atom stereocenters. The Hall–Kier alpha value is -0.570. The predicted molar refractivity (Wildman–Crippen MR) is 109 cm³/mol. The number of esters is 1. The van der Waals surface area contributed by atoms with Crippen LogP contribution in [0.3, 0.4) is 0 Å². The van der Waals surface area contributed by atoms with Crippen molar-refractivity contribution in [3.8, 4) is 0 Å². The van der Waals surface area contributed by atoms with Crippen LogP contribution in [0.25, 0.3) is 0 Å². The van der Waals surface area contributed by atoms with Gasteiger partial charge in [0.2, 0.25) is 6.29 Å². The van der Waals surface area contributed by atoms with Crippen LogP contribution in [0.15, 0.2) is 0 Å². The Morgan fingerprint density at radius 3 is 2.26 bits per heavy atom. The Balaban J connectivity index is 1.65. The molecule has 3 aliphatic rings. The van der Waals surface area contributed by atoms with Gasteiger partial charge < -0.3 is 9.47 Å². The van der Waals surface area contributed by atoms with Crippen LogP contribution in [0.1, 0.15) is 87.0 Å². The van der Waals surface area contributed by atoms with Crippen LogP contribution in [-0.2, 0) is 14.3 Å². The number of rotatable bonds is 8. The van der Waals surface area contributed by atoms with Gasteiger partial charge in [0.25, 0.3) is 0 Å². The molecule has 0 saturated heterocycles. The van der Waals surface area contributed by atoms with Crippen molar-refractivity contribution >= 4 is 5.97 Å².